The van der Waals surface area contributed by atoms with Crippen LogP contribution in [0.1, 0.15) is 18.0 Å². The van der Waals surface area contributed by atoms with Crippen LogP contribution in [0.3, 0.4) is 0 Å². The van der Waals surface area contributed by atoms with Crippen LogP contribution >= 0.6 is 0 Å². The maximum atomic E-state index is 4.31. The summed E-state index contributed by atoms with van der Waals surface area (Å²) in [6.07, 6.45) is 6.59. The van der Waals surface area contributed by atoms with Crippen molar-refractivity contribution in [1.29, 1.82) is 0 Å². The van der Waals surface area contributed by atoms with Crippen LogP contribution in [0.25, 0.3) is 0 Å². The minimum atomic E-state index is 0.601. The van der Waals surface area contributed by atoms with Gasteiger partial charge in [-0.3, -0.25) is 9.97 Å². The predicted octanol–water partition coefficient (Wildman–Crippen LogP) is -0.186. The summed E-state index contributed by atoms with van der Waals surface area (Å²) in [6.45, 7) is 2.31. The van der Waals surface area contributed by atoms with E-state index in [4.69, 9.17) is 0 Å². The van der Waals surface area contributed by atoms with Gasteiger partial charge in [-0.25, -0.2) is 0 Å². The Hall–Kier alpha value is -0.895. The van der Waals surface area contributed by atoms with Gasteiger partial charge in [0.25, 0.3) is 0 Å². The van der Waals surface area contributed by atoms with E-state index in [0.29, 0.717) is 5.92 Å². The smallest absolute Gasteiger partial charge is 0.185 e. The van der Waals surface area contributed by atoms with Gasteiger partial charge in [-0.05, 0) is 19.5 Å². The van der Waals surface area contributed by atoms with E-state index in [1.807, 2.05) is 6.20 Å². The first-order valence-corrected chi connectivity index (χ1v) is 4.31. The van der Waals surface area contributed by atoms with Gasteiger partial charge in [-0.2, -0.15) is 0 Å². The summed E-state index contributed by atoms with van der Waals surface area (Å²) >= 11 is 0. The van der Waals surface area contributed by atoms with Gasteiger partial charge in [0, 0.05) is 24.5 Å². The molecule has 0 spiro atoms. The third-order valence-electron chi connectivity index (χ3n) is 2.39. The predicted molar refractivity (Wildman–Crippen MR) is 49.5 cm³/mol. The molecule has 0 N–H and O–H groups in total. The van der Waals surface area contributed by atoms with Gasteiger partial charge < -0.3 is 4.81 Å². The van der Waals surface area contributed by atoms with E-state index < -0.39 is 0 Å². The molecule has 4 heteroatoms. The van der Waals surface area contributed by atoms with Crippen molar-refractivity contribution in [3.63, 3.8) is 0 Å². The van der Waals surface area contributed by atoms with Crippen LogP contribution in [-0.4, -0.2) is 35.8 Å². The molecule has 1 aliphatic heterocycles. The normalized spacial score (nSPS) is 24.5. The van der Waals surface area contributed by atoms with Crippen molar-refractivity contribution in [2.45, 2.75) is 12.3 Å². The second-order valence-corrected chi connectivity index (χ2v) is 3.38. The Labute approximate surface area is 73.3 Å². The van der Waals surface area contributed by atoms with E-state index in [2.05, 4.69) is 22.8 Å². The van der Waals surface area contributed by atoms with Crippen LogP contribution in [0.5, 0.6) is 0 Å². The lowest BCUT2D eigenvalue weighted by Crippen LogP contribution is -2.15. The molecular formula is C8H12BN3. The highest BCUT2D eigenvalue weighted by Gasteiger charge is 2.21. The minimum absolute atomic E-state index is 0.601. The highest BCUT2D eigenvalue weighted by Crippen LogP contribution is 2.22. The SMILES string of the molecule is BN1CCC(c2cnccn2)C1. The van der Waals surface area contributed by atoms with E-state index in [1.165, 1.54) is 13.0 Å². The van der Waals surface area contributed by atoms with E-state index >= 15 is 0 Å². The Kier molecular flexibility index (Phi) is 2.08. The molecule has 0 radical (unpaired) electrons. The van der Waals surface area contributed by atoms with Crippen molar-refractivity contribution in [2.24, 2.45) is 0 Å². The van der Waals surface area contributed by atoms with Gasteiger partial charge in [0.05, 0.1) is 5.69 Å². The maximum Gasteiger partial charge on any atom is 0.185 e. The first-order chi connectivity index (χ1) is 5.86. The lowest BCUT2D eigenvalue weighted by molar-refractivity contribution is 0.551. The summed E-state index contributed by atoms with van der Waals surface area (Å²) < 4.78 is 0. The monoisotopic (exact) mass is 161 g/mol. The summed E-state index contributed by atoms with van der Waals surface area (Å²) in [6, 6.07) is 0. The quantitative estimate of drug-likeness (QED) is 0.534. The van der Waals surface area contributed by atoms with Crippen LogP contribution in [0.15, 0.2) is 18.6 Å². The first kappa shape index (κ1) is 7.74. The molecule has 3 nitrogen and oxygen atoms in total. The van der Waals surface area contributed by atoms with Crippen LogP contribution in [-0.2, 0) is 0 Å². The van der Waals surface area contributed by atoms with Crippen molar-refractivity contribution >= 4 is 7.98 Å². The molecule has 1 atom stereocenters. The second kappa shape index (κ2) is 3.23. The zero-order chi connectivity index (χ0) is 8.39. The van der Waals surface area contributed by atoms with Crippen molar-refractivity contribution in [3.05, 3.63) is 24.3 Å². The van der Waals surface area contributed by atoms with Crippen LogP contribution in [0.4, 0.5) is 0 Å². The average Bonchev–Trinajstić information content (AvgIpc) is 2.54. The number of rotatable bonds is 1. The summed E-state index contributed by atoms with van der Waals surface area (Å²) in [5.41, 5.74) is 1.14. The Bertz CT molecular complexity index is 252. The summed E-state index contributed by atoms with van der Waals surface area (Å²) in [7, 11) is 2.15. The van der Waals surface area contributed by atoms with Gasteiger partial charge in [-0.15, -0.1) is 0 Å². The van der Waals surface area contributed by atoms with Crippen molar-refractivity contribution in [1.82, 2.24) is 14.8 Å². The molecule has 1 fully saturated rings. The molecule has 1 aromatic heterocycles. The fourth-order valence-corrected chi connectivity index (χ4v) is 1.70. The average molecular weight is 161 g/mol. The van der Waals surface area contributed by atoms with Gasteiger partial charge in [0.2, 0.25) is 0 Å². The number of hydrogen-bond acceptors (Lipinski definition) is 3. The second-order valence-electron chi connectivity index (χ2n) is 3.38. The molecule has 12 heavy (non-hydrogen) atoms. The van der Waals surface area contributed by atoms with Crippen molar-refractivity contribution in [2.75, 3.05) is 13.1 Å². The Morgan fingerprint density at radius 3 is 3.00 bits per heavy atom. The summed E-state index contributed by atoms with van der Waals surface area (Å²) in [5, 5.41) is 0. The largest absolute Gasteiger partial charge is 0.348 e. The Morgan fingerprint density at radius 2 is 2.42 bits per heavy atom. The van der Waals surface area contributed by atoms with E-state index in [1.54, 1.807) is 12.4 Å². The third kappa shape index (κ3) is 1.48. The van der Waals surface area contributed by atoms with Gasteiger partial charge >= 0.3 is 0 Å². The molecule has 0 bridgehead atoms. The van der Waals surface area contributed by atoms with E-state index in [9.17, 15) is 0 Å². The van der Waals surface area contributed by atoms with E-state index in [-0.39, 0.29) is 0 Å². The van der Waals surface area contributed by atoms with Crippen molar-refractivity contribution in [3.8, 4) is 0 Å². The number of hydrogen-bond donors (Lipinski definition) is 0. The van der Waals surface area contributed by atoms with Gasteiger partial charge in [0.15, 0.2) is 7.98 Å². The lowest BCUT2D eigenvalue weighted by atomic mass is 10.1. The maximum absolute atomic E-state index is 4.31. The first-order valence-electron chi connectivity index (χ1n) is 4.31. The fourth-order valence-electron chi connectivity index (χ4n) is 1.70. The van der Waals surface area contributed by atoms with Gasteiger partial charge in [-0.1, -0.05) is 0 Å². The minimum Gasteiger partial charge on any atom is -0.348 e. The Balaban J connectivity index is 2.11. The molecular weight excluding hydrogens is 149 g/mol. The number of nitrogens with zero attached hydrogens (tertiary/aromatic N) is 3. The Morgan fingerprint density at radius 1 is 1.50 bits per heavy atom. The van der Waals surface area contributed by atoms with E-state index in [0.717, 1.165) is 12.2 Å². The molecule has 0 saturated carbocycles. The third-order valence-corrected chi connectivity index (χ3v) is 2.39. The summed E-state index contributed by atoms with van der Waals surface area (Å²) in [5.74, 6) is 0.601. The zero-order valence-electron chi connectivity index (χ0n) is 7.27. The highest BCUT2D eigenvalue weighted by molar-refractivity contribution is 6.04. The van der Waals surface area contributed by atoms with Crippen LogP contribution in [0, 0.1) is 0 Å². The molecule has 0 aromatic carbocycles. The molecule has 2 heterocycles. The van der Waals surface area contributed by atoms with Crippen LogP contribution < -0.4 is 0 Å². The highest BCUT2D eigenvalue weighted by atomic mass is 15.1. The van der Waals surface area contributed by atoms with Gasteiger partial charge in [0.1, 0.15) is 0 Å². The summed E-state index contributed by atoms with van der Waals surface area (Å²) in [4.78, 5) is 10.7. The lowest BCUT2D eigenvalue weighted by Gasteiger charge is -2.08. The molecule has 2 rings (SSSR count). The standard InChI is InChI=1S/C8H12BN3/c9-12-4-1-7(6-12)8-5-10-2-3-11-8/h2-3,5,7H,1,4,6,9H2. The molecule has 1 unspecified atom stereocenters. The number of aromatic nitrogens is 2. The molecule has 1 aliphatic rings. The molecule has 0 amide bonds. The zero-order valence-corrected chi connectivity index (χ0v) is 7.27. The molecule has 1 saturated heterocycles. The van der Waals surface area contributed by atoms with Crippen molar-refractivity contribution < 1.29 is 0 Å². The fraction of sp³-hybridized carbons (Fsp3) is 0.500. The molecule has 0 aliphatic carbocycles. The molecule has 1 aromatic rings. The topological polar surface area (TPSA) is 29.0 Å². The van der Waals surface area contributed by atoms with Crippen LogP contribution in [0.2, 0.25) is 0 Å². The molecule has 62 valence electrons.